The largest absolute Gasteiger partial charge is 0.478 e. The van der Waals surface area contributed by atoms with Crippen molar-refractivity contribution >= 4 is 27.6 Å². The van der Waals surface area contributed by atoms with Crippen LogP contribution in [-0.4, -0.2) is 26.0 Å². The summed E-state index contributed by atoms with van der Waals surface area (Å²) in [7, 11) is -4.34. The minimum absolute atomic E-state index is 0.228. The van der Waals surface area contributed by atoms with Gasteiger partial charge >= 0.3 is 5.97 Å². The van der Waals surface area contributed by atoms with Crippen molar-refractivity contribution in [2.45, 2.75) is 18.7 Å². The number of nitrogens with one attached hydrogen (secondary N) is 1. The molecule has 0 aromatic heterocycles. The van der Waals surface area contributed by atoms with E-state index in [0.717, 1.165) is 12.1 Å². The number of carbonyl (C=O) groups is 1. The molecule has 0 aliphatic rings. The maximum Gasteiger partial charge on any atom is 0.338 e. The van der Waals surface area contributed by atoms with Gasteiger partial charge < -0.3 is 5.11 Å². The molecule has 0 saturated carbocycles. The Morgan fingerprint density at radius 2 is 2.10 bits per heavy atom. The lowest BCUT2D eigenvalue weighted by atomic mass is 9.97. The lowest BCUT2D eigenvalue weighted by molar-refractivity contribution is 0.0691. The number of rotatable bonds is 5. The molecule has 0 bridgehead atoms. The Labute approximate surface area is 126 Å². The van der Waals surface area contributed by atoms with E-state index in [9.17, 15) is 17.6 Å². The van der Waals surface area contributed by atoms with E-state index in [2.05, 4.69) is 4.72 Å². The Morgan fingerprint density at radius 1 is 1.52 bits per heavy atom. The number of carboxylic acid groups (broad SMARTS) is 1. The number of hydrogen-bond donors (Lipinski definition) is 2. The second-order valence-electron chi connectivity index (χ2n) is 4.89. The SMILES string of the molecule is CC(C)(C#N)CNS(=O)(=O)c1cc(Cl)cc(C(=O)O)c1F. The molecule has 6 nitrogen and oxygen atoms in total. The Kier molecular flexibility index (Phi) is 4.94. The number of aromatic carboxylic acids is 1. The van der Waals surface area contributed by atoms with Gasteiger partial charge in [0.25, 0.3) is 0 Å². The molecule has 2 N–H and O–H groups in total. The van der Waals surface area contributed by atoms with Crippen LogP contribution >= 0.6 is 11.6 Å². The molecular weight excluding hydrogens is 323 g/mol. The van der Waals surface area contributed by atoms with E-state index in [4.69, 9.17) is 22.0 Å². The number of sulfonamides is 1. The molecule has 9 heteroatoms. The Bertz CT molecular complexity index is 726. The van der Waals surface area contributed by atoms with Crippen molar-refractivity contribution in [3.8, 4) is 6.07 Å². The van der Waals surface area contributed by atoms with Gasteiger partial charge in [0.15, 0.2) is 5.82 Å². The first-order valence-corrected chi connectivity index (χ1v) is 7.49. The standard InChI is InChI=1S/C12H12ClFN2O4S/c1-12(2,5-15)6-16-21(19,20)9-4-7(13)3-8(10(9)14)11(17)18/h3-4,16H,6H2,1-2H3,(H,17,18). The highest BCUT2D eigenvalue weighted by atomic mass is 35.5. The van der Waals surface area contributed by atoms with Gasteiger partial charge in [0.2, 0.25) is 10.0 Å². The zero-order valence-corrected chi connectivity index (χ0v) is 12.7. The van der Waals surface area contributed by atoms with E-state index in [1.165, 1.54) is 13.8 Å². The van der Waals surface area contributed by atoms with Gasteiger partial charge in [-0.05, 0) is 26.0 Å². The van der Waals surface area contributed by atoms with Gasteiger partial charge in [-0.1, -0.05) is 11.6 Å². The quantitative estimate of drug-likeness (QED) is 0.856. The third-order valence-corrected chi connectivity index (χ3v) is 4.15. The third-order valence-electron chi connectivity index (χ3n) is 2.53. The summed E-state index contributed by atoms with van der Waals surface area (Å²) in [5.74, 6) is -3.04. The summed E-state index contributed by atoms with van der Waals surface area (Å²) in [6, 6.07) is 3.51. The van der Waals surface area contributed by atoms with Crippen LogP contribution < -0.4 is 4.72 Å². The summed E-state index contributed by atoms with van der Waals surface area (Å²) >= 11 is 5.61. The van der Waals surface area contributed by atoms with Crippen LogP contribution in [0.5, 0.6) is 0 Å². The molecule has 0 fully saturated rings. The lowest BCUT2D eigenvalue weighted by Gasteiger charge is -2.16. The van der Waals surface area contributed by atoms with Crippen LogP contribution in [0.15, 0.2) is 17.0 Å². The maximum atomic E-state index is 14.0. The molecule has 0 amide bonds. The van der Waals surface area contributed by atoms with Crippen molar-refractivity contribution in [2.75, 3.05) is 6.54 Å². The fourth-order valence-electron chi connectivity index (χ4n) is 1.31. The zero-order chi connectivity index (χ0) is 16.4. The zero-order valence-electron chi connectivity index (χ0n) is 11.1. The first-order chi connectivity index (χ1) is 9.50. The van der Waals surface area contributed by atoms with Crippen molar-refractivity contribution in [1.82, 2.24) is 4.72 Å². The van der Waals surface area contributed by atoms with Gasteiger partial charge in [0.05, 0.1) is 17.0 Å². The van der Waals surface area contributed by atoms with Crippen LogP contribution in [-0.2, 0) is 10.0 Å². The lowest BCUT2D eigenvalue weighted by Crippen LogP contribution is -2.33. The first-order valence-electron chi connectivity index (χ1n) is 5.63. The van der Waals surface area contributed by atoms with Crippen LogP contribution in [0.25, 0.3) is 0 Å². The van der Waals surface area contributed by atoms with Crippen LogP contribution in [0.4, 0.5) is 4.39 Å². The Balaban J connectivity index is 3.27. The van der Waals surface area contributed by atoms with Gasteiger partial charge in [-0.3, -0.25) is 0 Å². The number of hydrogen-bond acceptors (Lipinski definition) is 4. The second-order valence-corrected chi connectivity index (χ2v) is 7.06. The monoisotopic (exact) mass is 334 g/mol. The minimum Gasteiger partial charge on any atom is -0.478 e. The average Bonchev–Trinajstić information content (AvgIpc) is 2.38. The summed E-state index contributed by atoms with van der Waals surface area (Å²) in [5, 5.41) is 17.4. The van der Waals surface area contributed by atoms with Gasteiger partial charge in [0.1, 0.15) is 4.90 Å². The fourth-order valence-corrected chi connectivity index (χ4v) is 2.93. The van der Waals surface area contributed by atoms with Crippen molar-refractivity contribution in [2.24, 2.45) is 5.41 Å². The molecule has 0 aliphatic carbocycles. The van der Waals surface area contributed by atoms with Crippen molar-refractivity contribution < 1.29 is 22.7 Å². The number of carboxylic acids is 1. The molecule has 114 valence electrons. The smallest absolute Gasteiger partial charge is 0.338 e. The van der Waals surface area contributed by atoms with Crippen LogP contribution in [0.1, 0.15) is 24.2 Å². The highest BCUT2D eigenvalue weighted by molar-refractivity contribution is 7.89. The Hall–Kier alpha value is -1.69. The summed E-state index contributed by atoms with van der Waals surface area (Å²) in [6.45, 7) is 2.72. The van der Waals surface area contributed by atoms with Gasteiger partial charge in [-0.2, -0.15) is 5.26 Å². The number of benzene rings is 1. The molecule has 0 atom stereocenters. The molecule has 1 aromatic rings. The Morgan fingerprint density at radius 3 is 2.57 bits per heavy atom. The maximum absolute atomic E-state index is 14.0. The topological polar surface area (TPSA) is 107 Å². The molecule has 0 saturated heterocycles. The van der Waals surface area contributed by atoms with Crippen LogP contribution in [0.3, 0.4) is 0 Å². The van der Waals surface area contributed by atoms with Crippen molar-refractivity contribution in [1.29, 1.82) is 5.26 Å². The van der Waals surface area contributed by atoms with Gasteiger partial charge in [-0.15, -0.1) is 0 Å². The van der Waals surface area contributed by atoms with E-state index in [1.54, 1.807) is 0 Å². The highest BCUT2D eigenvalue weighted by Gasteiger charge is 2.27. The average molecular weight is 335 g/mol. The van der Waals surface area contributed by atoms with E-state index >= 15 is 0 Å². The summed E-state index contributed by atoms with van der Waals surface area (Å²) in [5.41, 5.74) is -1.85. The number of nitrogens with zero attached hydrogens (tertiary/aromatic N) is 1. The molecule has 0 spiro atoms. The predicted octanol–water partition coefficient (Wildman–Crippen LogP) is 2.01. The van der Waals surface area contributed by atoms with Crippen molar-refractivity contribution in [3.63, 3.8) is 0 Å². The van der Waals surface area contributed by atoms with E-state index in [-0.39, 0.29) is 11.6 Å². The molecule has 0 unspecified atom stereocenters. The normalized spacial score (nSPS) is 12.0. The van der Waals surface area contributed by atoms with E-state index < -0.39 is 37.7 Å². The molecule has 0 aliphatic heterocycles. The number of halogens is 2. The molecule has 1 aromatic carbocycles. The summed E-state index contributed by atoms with van der Waals surface area (Å²) in [6.07, 6.45) is 0. The minimum atomic E-state index is -4.34. The third kappa shape index (κ3) is 4.14. The van der Waals surface area contributed by atoms with E-state index in [0.29, 0.717) is 0 Å². The number of nitriles is 1. The highest BCUT2D eigenvalue weighted by Crippen LogP contribution is 2.24. The molecule has 21 heavy (non-hydrogen) atoms. The molecular formula is C12H12ClFN2O4S. The van der Waals surface area contributed by atoms with E-state index in [1.807, 2.05) is 6.07 Å². The van der Waals surface area contributed by atoms with Gasteiger partial charge in [0, 0.05) is 11.6 Å². The molecule has 0 radical (unpaired) electrons. The van der Waals surface area contributed by atoms with Gasteiger partial charge in [-0.25, -0.2) is 22.3 Å². The van der Waals surface area contributed by atoms with Crippen molar-refractivity contribution in [3.05, 3.63) is 28.5 Å². The predicted molar refractivity (Wildman–Crippen MR) is 73.0 cm³/mol. The molecule has 0 heterocycles. The summed E-state index contributed by atoms with van der Waals surface area (Å²) < 4.78 is 40.1. The van der Waals surface area contributed by atoms with Crippen LogP contribution in [0, 0.1) is 22.6 Å². The summed E-state index contributed by atoms with van der Waals surface area (Å²) in [4.78, 5) is 9.99. The second kappa shape index (κ2) is 5.97. The fraction of sp³-hybridized carbons (Fsp3) is 0.333. The molecule has 1 rings (SSSR count). The van der Waals surface area contributed by atoms with Crippen LogP contribution in [0.2, 0.25) is 5.02 Å². The first kappa shape index (κ1) is 17.4.